The van der Waals surface area contributed by atoms with E-state index in [9.17, 15) is 14.4 Å². The molecule has 8 nitrogen and oxygen atoms in total. The molecule has 0 radical (unpaired) electrons. The zero-order valence-electron chi connectivity index (χ0n) is 16.7. The van der Waals surface area contributed by atoms with Crippen molar-refractivity contribution in [2.45, 2.75) is 51.3 Å². The molecule has 0 bridgehead atoms. The van der Waals surface area contributed by atoms with Crippen LogP contribution in [0.3, 0.4) is 0 Å². The molecule has 0 aliphatic carbocycles. The Bertz CT molecular complexity index is 584. The number of esters is 1. The van der Waals surface area contributed by atoms with E-state index in [1.54, 1.807) is 11.9 Å². The molecule has 152 valence electrons. The van der Waals surface area contributed by atoms with Crippen molar-refractivity contribution in [1.29, 1.82) is 0 Å². The summed E-state index contributed by atoms with van der Waals surface area (Å²) in [5, 5.41) is 2.87. The summed E-state index contributed by atoms with van der Waals surface area (Å²) in [6, 6.07) is -0.628. The molecular formula is C19H31N3O5. The average Bonchev–Trinajstić information content (AvgIpc) is 2.64. The third kappa shape index (κ3) is 4.50. The van der Waals surface area contributed by atoms with Crippen LogP contribution in [0.4, 0.5) is 4.79 Å². The van der Waals surface area contributed by atoms with Crippen molar-refractivity contribution in [3.8, 4) is 0 Å². The maximum absolute atomic E-state index is 12.4. The van der Waals surface area contributed by atoms with Crippen LogP contribution in [0, 0.1) is 5.92 Å². The lowest BCUT2D eigenvalue weighted by molar-refractivity contribution is -0.174. The SMILES string of the molecule is C=CC(=O)N1CCOC2(CCN(C(=O)OC(=O)[C@@H](NC)C(C)C)CC2)[C@@H]1C. The Labute approximate surface area is 160 Å². The number of nitrogens with one attached hydrogen (secondary N) is 1. The fraction of sp³-hybridized carbons (Fsp3) is 0.737. The number of rotatable bonds is 4. The van der Waals surface area contributed by atoms with Crippen LogP contribution >= 0.6 is 0 Å². The van der Waals surface area contributed by atoms with Gasteiger partial charge in [-0.1, -0.05) is 20.4 Å². The van der Waals surface area contributed by atoms with Gasteiger partial charge in [0.1, 0.15) is 6.04 Å². The molecule has 1 spiro atoms. The van der Waals surface area contributed by atoms with Gasteiger partial charge in [-0.05, 0) is 38.8 Å². The van der Waals surface area contributed by atoms with Crippen molar-refractivity contribution in [2.24, 2.45) is 5.92 Å². The zero-order valence-corrected chi connectivity index (χ0v) is 16.7. The van der Waals surface area contributed by atoms with Crippen LogP contribution in [0.15, 0.2) is 12.7 Å². The fourth-order valence-corrected chi connectivity index (χ4v) is 3.93. The molecule has 2 aliphatic heterocycles. The molecular weight excluding hydrogens is 350 g/mol. The Balaban J connectivity index is 1.96. The van der Waals surface area contributed by atoms with Crippen LogP contribution in [-0.2, 0) is 19.1 Å². The van der Waals surface area contributed by atoms with Crippen molar-refractivity contribution >= 4 is 18.0 Å². The number of hydrogen-bond acceptors (Lipinski definition) is 6. The first kappa shape index (κ1) is 21.4. The van der Waals surface area contributed by atoms with Crippen LogP contribution in [-0.4, -0.2) is 78.7 Å². The monoisotopic (exact) mass is 381 g/mol. The molecule has 0 unspecified atom stereocenters. The Hall–Kier alpha value is -1.93. The van der Waals surface area contributed by atoms with E-state index in [2.05, 4.69) is 11.9 Å². The van der Waals surface area contributed by atoms with Crippen molar-refractivity contribution < 1.29 is 23.9 Å². The summed E-state index contributed by atoms with van der Waals surface area (Å²) in [5.74, 6) is -0.656. The summed E-state index contributed by atoms with van der Waals surface area (Å²) in [4.78, 5) is 39.9. The van der Waals surface area contributed by atoms with Gasteiger partial charge >= 0.3 is 12.1 Å². The second-order valence-electron chi connectivity index (χ2n) is 7.51. The van der Waals surface area contributed by atoms with Crippen LogP contribution in [0.25, 0.3) is 0 Å². The molecule has 2 heterocycles. The Kier molecular flexibility index (Phi) is 7.00. The van der Waals surface area contributed by atoms with Crippen LogP contribution in [0.1, 0.15) is 33.6 Å². The number of piperidine rings is 1. The van der Waals surface area contributed by atoms with Gasteiger partial charge in [0.05, 0.1) is 18.2 Å². The maximum atomic E-state index is 12.4. The highest BCUT2D eigenvalue weighted by Crippen LogP contribution is 2.35. The Morgan fingerprint density at radius 1 is 1.26 bits per heavy atom. The minimum atomic E-state index is -0.627. The number of hydrogen-bond donors (Lipinski definition) is 1. The molecule has 2 aliphatic rings. The Morgan fingerprint density at radius 2 is 1.89 bits per heavy atom. The molecule has 2 amide bonds. The highest BCUT2D eigenvalue weighted by molar-refractivity contribution is 5.88. The highest BCUT2D eigenvalue weighted by Gasteiger charge is 2.47. The number of likely N-dealkylation sites (tertiary alicyclic amines) is 1. The van der Waals surface area contributed by atoms with Crippen LogP contribution in [0.5, 0.6) is 0 Å². The van der Waals surface area contributed by atoms with Gasteiger partial charge in [0.2, 0.25) is 5.91 Å². The summed E-state index contributed by atoms with van der Waals surface area (Å²) in [6.07, 6.45) is 1.86. The van der Waals surface area contributed by atoms with Gasteiger partial charge in [-0.2, -0.15) is 0 Å². The van der Waals surface area contributed by atoms with Gasteiger partial charge < -0.3 is 24.6 Å². The first-order valence-electron chi connectivity index (χ1n) is 9.50. The molecule has 8 heteroatoms. The van der Waals surface area contributed by atoms with Gasteiger partial charge in [-0.25, -0.2) is 9.59 Å². The lowest BCUT2D eigenvalue weighted by atomic mass is 9.82. The van der Waals surface area contributed by atoms with Gasteiger partial charge in [0.15, 0.2) is 0 Å². The van der Waals surface area contributed by atoms with E-state index in [1.807, 2.05) is 20.8 Å². The van der Waals surface area contributed by atoms with E-state index in [1.165, 1.54) is 11.0 Å². The van der Waals surface area contributed by atoms with Crippen molar-refractivity contribution in [1.82, 2.24) is 15.1 Å². The molecule has 1 N–H and O–H groups in total. The summed E-state index contributed by atoms with van der Waals surface area (Å²) in [6.45, 7) is 11.1. The first-order chi connectivity index (χ1) is 12.8. The maximum Gasteiger partial charge on any atom is 0.417 e. The predicted molar refractivity (Wildman–Crippen MR) is 100 cm³/mol. The molecule has 27 heavy (non-hydrogen) atoms. The predicted octanol–water partition coefficient (Wildman–Crippen LogP) is 1.16. The van der Waals surface area contributed by atoms with Gasteiger partial charge in [-0.3, -0.25) is 4.79 Å². The van der Waals surface area contributed by atoms with E-state index >= 15 is 0 Å². The second-order valence-corrected chi connectivity index (χ2v) is 7.51. The minimum Gasteiger partial charge on any atom is -0.375 e. The molecule has 0 aromatic heterocycles. The zero-order chi connectivity index (χ0) is 20.2. The first-order valence-corrected chi connectivity index (χ1v) is 9.50. The molecule has 2 fully saturated rings. The van der Waals surface area contributed by atoms with Crippen LogP contribution < -0.4 is 5.32 Å². The number of nitrogens with zero attached hydrogens (tertiary/aromatic N) is 2. The normalized spacial score (nSPS) is 23.2. The average molecular weight is 381 g/mol. The van der Waals surface area contributed by atoms with Crippen molar-refractivity contribution in [2.75, 3.05) is 33.3 Å². The topological polar surface area (TPSA) is 88.2 Å². The quantitative estimate of drug-likeness (QED) is 0.447. The number of carbonyl (C=O) groups is 3. The van der Waals surface area contributed by atoms with E-state index in [0.29, 0.717) is 39.1 Å². The summed E-state index contributed by atoms with van der Waals surface area (Å²) >= 11 is 0. The van der Waals surface area contributed by atoms with Crippen molar-refractivity contribution in [3.63, 3.8) is 0 Å². The second kappa shape index (κ2) is 8.84. The highest BCUT2D eigenvalue weighted by atomic mass is 16.6. The number of morpholine rings is 1. The van der Waals surface area contributed by atoms with Crippen LogP contribution in [0.2, 0.25) is 0 Å². The number of ether oxygens (including phenoxy) is 2. The Morgan fingerprint density at radius 3 is 2.41 bits per heavy atom. The summed E-state index contributed by atoms with van der Waals surface area (Å²) in [7, 11) is 1.67. The third-order valence-corrected chi connectivity index (χ3v) is 5.70. The smallest absolute Gasteiger partial charge is 0.375 e. The molecule has 2 atom stereocenters. The lowest BCUT2D eigenvalue weighted by Crippen LogP contribution is -2.63. The fourth-order valence-electron chi connectivity index (χ4n) is 3.93. The molecule has 2 saturated heterocycles. The van der Waals surface area contributed by atoms with Gasteiger partial charge in [0.25, 0.3) is 0 Å². The van der Waals surface area contributed by atoms with E-state index in [4.69, 9.17) is 9.47 Å². The summed E-state index contributed by atoms with van der Waals surface area (Å²) in [5.41, 5.74) is -0.483. The molecule has 0 aromatic carbocycles. The van der Waals surface area contributed by atoms with Gasteiger partial charge in [-0.15, -0.1) is 0 Å². The van der Waals surface area contributed by atoms with E-state index < -0.39 is 23.7 Å². The number of amides is 2. The molecule has 0 aromatic rings. The molecule has 2 rings (SSSR count). The van der Waals surface area contributed by atoms with E-state index in [0.717, 1.165) is 0 Å². The van der Waals surface area contributed by atoms with Crippen molar-refractivity contribution in [3.05, 3.63) is 12.7 Å². The number of likely N-dealkylation sites (N-methyl/N-ethyl adjacent to an activating group) is 1. The standard InChI is InChI=1S/C19H31N3O5/c1-6-15(23)22-11-12-26-19(14(22)4)7-9-21(10-8-19)18(25)27-17(24)16(20-5)13(2)3/h6,13-14,16,20H,1,7-12H2,2-5H3/t14-,16-/m0/s1. The number of carbonyl (C=O) groups excluding carboxylic acids is 3. The van der Waals surface area contributed by atoms with Gasteiger partial charge in [0, 0.05) is 19.6 Å². The minimum absolute atomic E-state index is 0.0183. The van der Waals surface area contributed by atoms with E-state index in [-0.39, 0.29) is 17.9 Å². The third-order valence-electron chi connectivity index (χ3n) is 5.70. The lowest BCUT2D eigenvalue weighted by Gasteiger charge is -2.51. The molecule has 0 saturated carbocycles. The summed E-state index contributed by atoms with van der Waals surface area (Å²) < 4.78 is 11.1. The largest absolute Gasteiger partial charge is 0.417 e.